The molecular weight excluding hydrogens is 174 g/mol. The predicted molar refractivity (Wildman–Crippen MR) is 54.8 cm³/mol. The fourth-order valence-electron chi connectivity index (χ4n) is 2.69. The van der Waals surface area contributed by atoms with Gasteiger partial charge < -0.3 is 5.11 Å². The summed E-state index contributed by atoms with van der Waals surface area (Å²) in [4.78, 5) is 2.41. The Labute approximate surface area is 84.2 Å². The molecule has 1 N–H and O–H groups in total. The Morgan fingerprint density at radius 1 is 1.29 bits per heavy atom. The molecule has 1 aliphatic carbocycles. The Hall–Kier alpha value is -0.860. The van der Waals surface area contributed by atoms with E-state index < -0.39 is 0 Å². The summed E-state index contributed by atoms with van der Waals surface area (Å²) in [5.74, 6) is 0.559. The van der Waals surface area contributed by atoms with Crippen LogP contribution in [0.15, 0.2) is 30.3 Å². The molecule has 2 heterocycles. The highest BCUT2D eigenvalue weighted by atomic mass is 16.3. The van der Waals surface area contributed by atoms with Crippen LogP contribution in [0.5, 0.6) is 0 Å². The van der Waals surface area contributed by atoms with E-state index in [1.54, 1.807) is 0 Å². The molecule has 0 unspecified atom stereocenters. The van der Waals surface area contributed by atoms with E-state index in [0.717, 1.165) is 13.1 Å². The van der Waals surface area contributed by atoms with Crippen molar-refractivity contribution in [3.05, 3.63) is 35.9 Å². The van der Waals surface area contributed by atoms with E-state index in [1.807, 2.05) is 6.07 Å². The number of aliphatic hydroxyl groups is 1. The first-order chi connectivity index (χ1) is 6.84. The summed E-state index contributed by atoms with van der Waals surface area (Å²) < 4.78 is 0. The van der Waals surface area contributed by atoms with Crippen LogP contribution in [-0.2, 0) is 6.54 Å². The van der Waals surface area contributed by atoms with Crippen molar-refractivity contribution < 1.29 is 5.11 Å². The maximum Gasteiger partial charge on any atom is 0.0736 e. The summed E-state index contributed by atoms with van der Waals surface area (Å²) in [6.07, 6.45) is 1.16. The van der Waals surface area contributed by atoms with Crippen molar-refractivity contribution in [2.45, 2.75) is 25.1 Å². The van der Waals surface area contributed by atoms with Gasteiger partial charge in [-0.15, -0.1) is 0 Å². The minimum absolute atomic E-state index is 0.0429. The number of hydrogen-bond acceptors (Lipinski definition) is 2. The van der Waals surface area contributed by atoms with Gasteiger partial charge in [0.2, 0.25) is 0 Å². The normalized spacial score (nSPS) is 35.6. The van der Waals surface area contributed by atoms with Gasteiger partial charge in [-0.3, -0.25) is 4.90 Å². The zero-order valence-corrected chi connectivity index (χ0v) is 8.13. The van der Waals surface area contributed by atoms with Crippen LogP contribution in [0.1, 0.15) is 12.0 Å². The van der Waals surface area contributed by atoms with Crippen molar-refractivity contribution in [1.29, 1.82) is 0 Å². The van der Waals surface area contributed by atoms with Gasteiger partial charge in [0, 0.05) is 25.0 Å². The minimum atomic E-state index is -0.0429. The molecule has 3 aliphatic rings. The number of rotatable bonds is 2. The minimum Gasteiger partial charge on any atom is -0.391 e. The van der Waals surface area contributed by atoms with Crippen molar-refractivity contribution >= 4 is 0 Å². The molecule has 3 atom stereocenters. The molecule has 14 heavy (non-hydrogen) atoms. The molecule has 2 saturated heterocycles. The predicted octanol–water partition coefficient (Wildman–Crippen LogP) is 1.25. The number of nitrogens with zero attached hydrogens (tertiary/aromatic N) is 1. The largest absolute Gasteiger partial charge is 0.391 e. The second kappa shape index (κ2) is 3.07. The van der Waals surface area contributed by atoms with Crippen LogP contribution < -0.4 is 0 Å². The standard InChI is InChI=1S/C12H15NO/c14-12-10-6-11(12)13(8-10)7-9-4-2-1-3-5-9/h1-5,10-12,14H,6-8H2/t10-,11-,12-/m1/s1. The lowest BCUT2D eigenvalue weighted by atomic mass is 9.83. The molecule has 2 bridgehead atoms. The molecule has 4 rings (SSSR count). The van der Waals surface area contributed by atoms with Crippen molar-refractivity contribution in [1.82, 2.24) is 4.90 Å². The highest BCUT2D eigenvalue weighted by molar-refractivity contribution is 5.16. The third kappa shape index (κ3) is 1.18. The van der Waals surface area contributed by atoms with Crippen LogP contribution in [0, 0.1) is 5.92 Å². The van der Waals surface area contributed by atoms with Crippen molar-refractivity contribution in [3.8, 4) is 0 Å². The van der Waals surface area contributed by atoms with Crippen LogP contribution in [0.3, 0.4) is 0 Å². The summed E-state index contributed by atoms with van der Waals surface area (Å²) in [5.41, 5.74) is 1.35. The van der Waals surface area contributed by atoms with E-state index in [1.165, 1.54) is 12.0 Å². The molecule has 74 valence electrons. The summed E-state index contributed by atoms with van der Waals surface area (Å²) in [7, 11) is 0. The van der Waals surface area contributed by atoms with Gasteiger partial charge in [0.25, 0.3) is 0 Å². The van der Waals surface area contributed by atoms with Gasteiger partial charge in [-0.1, -0.05) is 30.3 Å². The third-order valence-electron chi connectivity index (χ3n) is 3.59. The average molecular weight is 189 g/mol. The monoisotopic (exact) mass is 189 g/mol. The van der Waals surface area contributed by atoms with E-state index in [9.17, 15) is 5.11 Å². The first-order valence-corrected chi connectivity index (χ1v) is 5.30. The lowest BCUT2D eigenvalue weighted by molar-refractivity contribution is 0.0206. The molecule has 0 aromatic heterocycles. The van der Waals surface area contributed by atoms with Crippen molar-refractivity contribution in [3.63, 3.8) is 0 Å². The van der Waals surface area contributed by atoms with E-state index in [-0.39, 0.29) is 6.10 Å². The lowest BCUT2D eigenvalue weighted by Gasteiger charge is -2.32. The van der Waals surface area contributed by atoms with E-state index in [0.29, 0.717) is 12.0 Å². The fourth-order valence-corrected chi connectivity index (χ4v) is 2.69. The quantitative estimate of drug-likeness (QED) is 0.757. The average Bonchev–Trinajstić information content (AvgIpc) is 2.75. The second-order valence-corrected chi connectivity index (χ2v) is 4.47. The Morgan fingerprint density at radius 3 is 2.64 bits per heavy atom. The highest BCUT2D eigenvalue weighted by Crippen LogP contribution is 2.41. The SMILES string of the molecule is O[C@@H]1[C@@H]2C[C@H]1N(Cc1ccccc1)C2. The van der Waals surface area contributed by atoms with E-state index in [4.69, 9.17) is 0 Å². The molecular formula is C12H15NO. The third-order valence-corrected chi connectivity index (χ3v) is 3.59. The van der Waals surface area contributed by atoms with Crippen molar-refractivity contribution in [2.24, 2.45) is 5.92 Å². The van der Waals surface area contributed by atoms with Gasteiger partial charge in [-0.2, -0.15) is 0 Å². The maximum absolute atomic E-state index is 9.65. The summed E-state index contributed by atoms with van der Waals surface area (Å²) in [5, 5.41) is 9.65. The topological polar surface area (TPSA) is 23.5 Å². The van der Waals surface area contributed by atoms with Crippen LogP contribution in [0.25, 0.3) is 0 Å². The summed E-state index contributed by atoms with van der Waals surface area (Å²) in [6.45, 7) is 2.08. The molecule has 0 amide bonds. The Bertz CT molecular complexity index is 324. The zero-order valence-electron chi connectivity index (χ0n) is 8.13. The zero-order chi connectivity index (χ0) is 9.54. The van der Waals surface area contributed by atoms with Crippen LogP contribution in [-0.4, -0.2) is 28.7 Å². The van der Waals surface area contributed by atoms with E-state index >= 15 is 0 Å². The van der Waals surface area contributed by atoms with Crippen LogP contribution in [0.4, 0.5) is 0 Å². The van der Waals surface area contributed by atoms with Gasteiger partial charge in [-0.25, -0.2) is 0 Å². The molecule has 0 radical (unpaired) electrons. The van der Waals surface area contributed by atoms with Gasteiger partial charge >= 0.3 is 0 Å². The van der Waals surface area contributed by atoms with Crippen LogP contribution in [0.2, 0.25) is 0 Å². The van der Waals surface area contributed by atoms with Gasteiger partial charge in [0.1, 0.15) is 0 Å². The molecule has 2 nitrogen and oxygen atoms in total. The molecule has 3 fully saturated rings. The molecule has 1 aromatic rings. The van der Waals surface area contributed by atoms with Gasteiger partial charge in [-0.05, 0) is 12.0 Å². The second-order valence-electron chi connectivity index (χ2n) is 4.47. The first kappa shape index (κ1) is 8.45. The smallest absolute Gasteiger partial charge is 0.0736 e. The Morgan fingerprint density at radius 2 is 2.07 bits per heavy atom. The first-order valence-electron chi connectivity index (χ1n) is 5.30. The highest BCUT2D eigenvalue weighted by Gasteiger charge is 2.50. The number of fused-ring (bicyclic) bond motifs is 1. The van der Waals surface area contributed by atoms with Crippen molar-refractivity contribution in [2.75, 3.05) is 6.54 Å². The van der Waals surface area contributed by atoms with Crippen LogP contribution >= 0.6 is 0 Å². The molecule has 1 aromatic carbocycles. The summed E-state index contributed by atoms with van der Waals surface area (Å²) >= 11 is 0. The molecule has 1 saturated carbocycles. The fraction of sp³-hybridized carbons (Fsp3) is 0.500. The Balaban J connectivity index is 1.69. The number of hydrogen-bond donors (Lipinski definition) is 1. The number of aliphatic hydroxyl groups excluding tert-OH is 1. The maximum atomic E-state index is 9.65. The van der Waals surface area contributed by atoms with Gasteiger partial charge in [0.05, 0.1) is 6.10 Å². The van der Waals surface area contributed by atoms with Gasteiger partial charge in [0.15, 0.2) is 0 Å². The molecule has 2 aliphatic heterocycles. The van der Waals surface area contributed by atoms with E-state index in [2.05, 4.69) is 29.2 Å². The molecule has 2 heteroatoms. The Kier molecular flexibility index (Phi) is 1.85. The summed E-state index contributed by atoms with van der Waals surface area (Å²) in [6, 6.07) is 10.9. The number of benzene rings is 1. The molecule has 0 spiro atoms. The lowest BCUT2D eigenvalue weighted by Crippen LogP contribution is -2.43.